The number of urea groups is 1. The smallest absolute Gasteiger partial charge is 0.326 e. The molecule has 1 N–H and O–H groups in total. The van der Waals surface area contributed by atoms with E-state index in [9.17, 15) is 9.59 Å². The molecule has 1 aromatic rings. The molecule has 6 heteroatoms. The van der Waals surface area contributed by atoms with Crippen LogP contribution in [0.2, 0.25) is 0 Å². The predicted octanol–water partition coefficient (Wildman–Crippen LogP) is 1.44. The van der Waals surface area contributed by atoms with Crippen LogP contribution in [-0.4, -0.2) is 41.0 Å². The van der Waals surface area contributed by atoms with Crippen LogP contribution in [-0.2, 0) is 9.53 Å². The molecule has 100 valence electrons. The number of rotatable bonds is 2. The molecule has 2 fully saturated rings. The summed E-state index contributed by atoms with van der Waals surface area (Å²) in [6.07, 6.45) is -0.584. The molecule has 1 aromatic carbocycles. The van der Waals surface area contributed by atoms with Gasteiger partial charge in [-0.2, -0.15) is 0 Å². The number of halogens is 1. The van der Waals surface area contributed by atoms with Gasteiger partial charge in [-0.15, -0.1) is 0 Å². The molecule has 2 aliphatic heterocycles. The summed E-state index contributed by atoms with van der Waals surface area (Å²) in [7, 11) is 0. The summed E-state index contributed by atoms with van der Waals surface area (Å²) in [4.78, 5) is 25.5. The third kappa shape index (κ3) is 2.15. The van der Waals surface area contributed by atoms with Gasteiger partial charge in [0, 0.05) is 5.33 Å². The van der Waals surface area contributed by atoms with Crippen molar-refractivity contribution in [1.82, 2.24) is 10.2 Å². The van der Waals surface area contributed by atoms with Crippen LogP contribution in [0.15, 0.2) is 30.3 Å². The maximum atomic E-state index is 12.1. The van der Waals surface area contributed by atoms with Gasteiger partial charge in [-0.05, 0) is 5.56 Å². The highest BCUT2D eigenvalue weighted by Crippen LogP contribution is 2.33. The van der Waals surface area contributed by atoms with E-state index in [1.165, 1.54) is 0 Å². The fraction of sp³-hybridized carbons (Fsp3) is 0.385. The minimum Gasteiger partial charge on any atom is -0.351 e. The number of fused-ring (bicyclic) bond motifs is 1. The van der Waals surface area contributed by atoms with Crippen LogP contribution in [0.5, 0.6) is 0 Å². The summed E-state index contributed by atoms with van der Waals surface area (Å²) in [5.41, 5.74) is 0.859. The number of imide groups is 1. The zero-order chi connectivity index (χ0) is 13.4. The Bertz CT molecular complexity index is 508. The highest BCUT2D eigenvalue weighted by molar-refractivity contribution is 9.09. The first-order valence-corrected chi connectivity index (χ1v) is 7.20. The number of nitrogens with one attached hydrogen (secondary N) is 1. The van der Waals surface area contributed by atoms with Crippen molar-refractivity contribution in [3.8, 4) is 0 Å². The second-order valence-corrected chi connectivity index (χ2v) is 5.29. The maximum Gasteiger partial charge on any atom is 0.326 e. The monoisotopic (exact) mass is 324 g/mol. The quantitative estimate of drug-likeness (QED) is 0.837. The molecule has 3 amide bonds. The summed E-state index contributed by atoms with van der Waals surface area (Å²) in [6.45, 7) is 0.498. The molecule has 5 nitrogen and oxygen atoms in total. The van der Waals surface area contributed by atoms with Gasteiger partial charge in [0.2, 0.25) is 5.91 Å². The molecule has 3 rings (SSSR count). The molecule has 0 aliphatic carbocycles. The van der Waals surface area contributed by atoms with Crippen molar-refractivity contribution in [1.29, 1.82) is 0 Å². The summed E-state index contributed by atoms with van der Waals surface area (Å²) in [5.74, 6) is -0.768. The number of carbonyl (C=O) groups is 2. The normalized spacial score (nSPS) is 30.2. The van der Waals surface area contributed by atoms with E-state index < -0.39 is 12.1 Å². The summed E-state index contributed by atoms with van der Waals surface area (Å²) in [6, 6.07) is 9.03. The van der Waals surface area contributed by atoms with E-state index in [1.807, 2.05) is 30.3 Å². The van der Waals surface area contributed by atoms with Gasteiger partial charge >= 0.3 is 6.03 Å². The Kier molecular flexibility index (Phi) is 3.28. The Balaban J connectivity index is 1.94. The number of alkyl halides is 1. The zero-order valence-corrected chi connectivity index (χ0v) is 11.7. The van der Waals surface area contributed by atoms with Crippen molar-refractivity contribution in [3.63, 3.8) is 0 Å². The lowest BCUT2D eigenvalue weighted by molar-refractivity contribution is -0.129. The van der Waals surface area contributed by atoms with Gasteiger partial charge in [-0.3, -0.25) is 15.0 Å². The number of amides is 3. The number of hydrogen-bond acceptors (Lipinski definition) is 3. The highest BCUT2D eigenvalue weighted by Gasteiger charge is 2.48. The fourth-order valence-electron chi connectivity index (χ4n) is 2.54. The van der Waals surface area contributed by atoms with Gasteiger partial charge in [0.25, 0.3) is 0 Å². The van der Waals surface area contributed by atoms with E-state index >= 15 is 0 Å². The molecule has 19 heavy (non-hydrogen) atoms. The first-order valence-electron chi connectivity index (χ1n) is 6.08. The average molecular weight is 325 g/mol. The minimum absolute atomic E-state index is 0.0761. The Morgan fingerprint density at radius 2 is 2.05 bits per heavy atom. The van der Waals surface area contributed by atoms with Crippen LogP contribution in [0.4, 0.5) is 4.79 Å². The number of ether oxygens (including phenoxy) is 1. The molecule has 0 saturated carbocycles. The molecule has 0 aromatic heterocycles. The van der Waals surface area contributed by atoms with Crippen molar-refractivity contribution in [2.24, 2.45) is 0 Å². The van der Waals surface area contributed by atoms with Gasteiger partial charge in [-0.25, -0.2) is 4.79 Å². The number of carbonyl (C=O) groups excluding carboxylic acids is 2. The van der Waals surface area contributed by atoms with E-state index in [4.69, 9.17) is 4.74 Å². The summed E-state index contributed by atoms with van der Waals surface area (Å²) in [5, 5.41) is 3.04. The van der Waals surface area contributed by atoms with Crippen LogP contribution >= 0.6 is 15.9 Å². The van der Waals surface area contributed by atoms with Crippen LogP contribution in [0, 0.1) is 0 Å². The largest absolute Gasteiger partial charge is 0.351 e. The van der Waals surface area contributed by atoms with E-state index in [0.717, 1.165) is 5.56 Å². The number of hydrogen-bond donors (Lipinski definition) is 1. The van der Waals surface area contributed by atoms with Crippen LogP contribution in [0.1, 0.15) is 11.5 Å². The van der Waals surface area contributed by atoms with Gasteiger partial charge in [0.15, 0.2) is 0 Å². The van der Waals surface area contributed by atoms with Gasteiger partial charge in [0.05, 0.1) is 12.6 Å². The van der Waals surface area contributed by atoms with E-state index in [2.05, 4.69) is 21.2 Å². The molecular weight excluding hydrogens is 312 g/mol. The summed E-state index contributed by atoms with van der Waals surface area (Å²) >= 11 is 3.35. The molecule has 3 unspecified atom stereocenters. The Morgan fingerprint density at radius 1 is 1.32 bits per heavy atom. The van der Waals surface area contributed by atoms with Crippen molar-refractivity contribution >= 4 is 27.9 Å². The van der Waals surface area contributed by atoms with Crippen molar-refractivity contribution < 1.29 is 14.3 Å². The molecule has 0 bridgehead atoms. The lowest BCUT2D eigenvalue weighted by atomic mass is 9.94. The highest BCUT2D eigenvalue weighted by atomic mass is 79.9. The Hall–Kier alpha value is -1.40. The first kappa shape index (κ1) is 12.6. The topological polar surface area (TPSA) is 58.6 Å². The van der Waals surface area contributed by atoms with Gasteiger partial charge < -0.3 is 4.74 Å². The third-order valence-electron chi connectivity index (χ3n) is 3.43. The number of benzene rings is 1. The predicted molar refractivity (Wildman–Crippen MR) is 71.9 cm³/mol. The second-order valence-electron chi connectivity index (χ2n) is 4.64. The lowest BCUT2D eigenvalue weighted by Gasteiger charge is -2.34. The standard InChI is InChI=1S/C13H13BrN2O3/c14-6-9-7-16-12(19-9)10(11(17)15-13(16)18)8-4-2-1-3-5-8/h1-5,9-10,12H,6-7H2,(H,15,17,18). The van der Waals surface area contributed by atoms with E-state index in [0.29, 0.717) is 11.9 Å². The van der Waals surface area contributed by atoms with Crippen molar-refractivity contribution in [2.75, 3.05) is 11.9 Å². The fourth-order valence-corrected chi connectivity index (χ4v) is 2.90. The van der Waals surface area contributed by atoms with Crippen LogP contribution in [0.25, 0.3) is 0 Å². The lowest BCUT2D eigenvalue weighted by Crippen LogP contribution is -2.56. The van der Waals surface area contributed by atoms with Gasteiger partial charge in [0.1, 0.15) is 12.1 Å². The van der Waals surface area contributed by atoms with E-state index in [1.54, 1.807) is 4.90 Å². The molecule has 2 heterocycles. The summed E-state index contributed by atoms with van der Waals surface area (Å²) < 4.78 is 5.82. The molecule has 2 aliphatic rings. The van der Waals surface area contributed by atoms with Crippen LogP contribution < -0.4 is 5.32 Å². The Morgan fingerprint density at radius 3 is 2.74 bits per heavy atom. The molecular formula is C13H13BrN2O3. The molecule has 2 saturated heterocycles. The van der Waals surface area contributed by atoms with Crippen molar-refractivity contribution in [2.45, 2.75) is 18.2 Å². The maximum absolute atomic E-state index is 12.1. The van der Waals surface area contributed by atoms with Gasteiger partial charge in [-0.1, -0.05) is 46.3 Å². The zero-order valence-electron chi connectivity index (χ0n) is 10.1. The minimum atomic E-state index is -0.508. The number of nitrogens with zero attached hydrogens (tertiary/aromatic N) is 1. The van der Waals surface area contributed by atoms with Crippen molar-refractivity contribution in [3.05, 3.63) is 35.9 Å². The SMILES string of the molecule is O=C1NC(=O)N2CC(CBr)OC2C1c1ccccc1. The molecule has 0 spiro atoms. The molecule has 0 radical (unpaired) electrons. The Labute approximate surface area is 119 Å². The first-order chi connectivity index (χ1) is 9.20. The second kappa shape index (κ2) is 4.94. The van der Waals surface area contributed by atoms with Crippen LogP contribution in [0.3, 0.4) is 0 Å². The third-order valence-corrected chi connectivity index (χ3v) is 4.15. The van der Waals surface area contributed by atoms with E-state index in [-0.39, 0.29) is 18.0 Å². The molecule has 3 atom stereocenters. The average Bonchev–Trinajstić information content (AvgIpc) is 2.84.